The molecule has 3 heteroatoms. The molecule has 0 unspecified atom stereocenters. The predicted molar refractivity (Wildman–Crippen MR) is 58.5 cm³/mol. The number of rotatable bonds is 3. The van der Waals surface area contributed by atoms with Crippen molar-refractivity contribution in [2.75, 3.05) is 13.7 Å². The molecule has 1 heterocycles. The van der Waals surface area contributed by atoms with Gasteiger partial charge in [-0.2, -0.15) is 0 Å². The summed E-state index contributed by atoms with van der Waals surface area (Å²) in [6.07, 6.45) is 8.14. The molecule has 0 radical (unpaired) electrons. The van der Waals surface area contributed by atoms with E-state index in [2.05, 4.69) is 11.4 Å². The zero-order chi connectivity index (χ0) is 10.7. The number of hydrogen-bond donors (Lipinski definition) is 1. The molecule has 1 aliphatic carbocycles. The molecule has 3 nitrogen and oxygen atoms in total. The van der Waals surface area contributed by atoms with Crippen LogP contribution in [0.1, 0.15) is 32.1 Å². The second-order valence-corrected chi connectivity index (χ2v) is 4.53. The van der Waals surface area contributed by atoms with Gasteiger partial charge in [0, 0.05) is 0 Å². The van der Waals surface area contributed by atoms with Gasteiger partial charge in [-0.25, -0.2) is 0 Å². The van der Waals surface area contributed by atoms with Gasteiger partial charge >= 0.3 is 5.97 Å². The molecule has 0 spiro atoms. The first-order chi connectivity index (χ1) is 7.29. The molecule has 0 amide bonds. The lowest BCUT2D eigenvalue weighted by Gasteiger charge is -2.11. The summed E-state index contributed by atoms with van der Waals surface area (Å²) in [6, 6.07) is -0.133. The van der Waals surface area contributed by atoms with Gasteiger partial charge in [-0.05, 0) is 44.6 Å². The van der Waals surface area contributed by atoms with Crippen LogP contribution < -0.4 is 5.32 Å². The van der Waals surface area contributed by atoms with Crippen molar-refractivity contribution in [3.05, 3.63) is 11.6 Å². The average Bonchev–Trinajstić information content (AvgIpc) is 3.05. The minimum absolute atomic E-state index is 0.133. The van der Waals surface area contributed by atoms with Gasteiger partial charge in [0.15, 0.2) is 0 Å². The van der Waals surface area contributed by atoms with E-state index in [0.717, 1.165) is 25.3 Å². The standard InChI is InChI=1S/C12H19NO2/c1-15-12(14)11-5-4-10(6-7-13-11)8-9-2-3-9/h4,9,11,13H,2-3,5-8H2,1H3/t11-/m0/s1. The maximum atomic E-state index is 11.3. The van der Waals surface area contributed by atoms with Crippen LogP contribution in [0.3, 0.4) is 0 Å². The fourth-order valence-electron chi connectivity index (χ4n) is 2.08. The Morgan fingerprint density at radius 2 is 2.40 bits per heavy atom. The highest BCUT2D eigenvalue weighted by molar-refractivity contribution is 5.75. The lowest BCUT2D eigenvalue weighted by Crippen LogP contribution is -2.36. The summed E-state index contributed by atoms with van der Waals surface area (Å²) in [5.41, 5.74) is 1.52. The van der Waals surface area contributed by atoms with E-state index < -0.39 is 0 Å². The summed E-state index contributed by atoms with van der Waals surface area (Å²) in [5.74, 6) is 0.796. The third kappa shape index (κ3) is 3.06. The van der Waals surface area contributed by atoms with Crippen molar-refractivity contribution in [1.82, 2.24) is 5.32 Å². The van der Waals surface area contributed by atoms with E-state index in [4.69, 9.17) is 4.74 Å². The molecule has 1 saturated carbocycles. The van der Waals surface area contributed by atoms with E-state index in [1.165, 1.54) is 31.9 Å². The highest BCUT2D eigenvalue weighted by Crippen LogP contribution is 2.36. The first kappa shape index (κ1) is 10.7. The molecular formula is C12H19NO2. The summed E-state index contributed by atoms with van der Waals surface area (Å²) in [6.45, 7) is 0.901. The summed E-state index contributed by atoms with van der Waals surface area (Å²) in [7, 11) is 1.45. The molecule has 0 aromatic heterocycles. The van der Waals surface area contributed by atoms with Crippen LogP contribution in [0.2, 0.25) is 0 Å². The molecule has 0 saturated heterocycles. The Balaban J connectivity index is 1.87. The largest absolute Gasteiger partial charge is 0.468 e. The topological polar surface area (TPSA) is 38.3 Å². The maximum Gasteiger partial charge on any atom is 0.323 e. The van der Waals surface area contributed by atoms with Gasteiger partial charge in [-0.1, -0.05) is 11.6 Å². The molecule has 0 aromatic rings. The van der Waals surface area contributed by atoms with E-state index in [1.807, 2.05) is 0 Å². The number of esters is 1. The predicted octanol–water partition coefficient (Wildman–Crippen LogP) is 1.64. The lowest BCUT2D eigenvalue weighted by atomic mass is 10.0. The molecule has 2 aliphatic rings. The van der Waals surface area contributed by atoms with Gasteiger partial charge in [0.25, 0.3) is 0 Å². The Morgan fingerprint density at radius 3 is 3.07 bits per heavy atom. The summed E-state index contributed by atoms with van der Waals surface area (Å²) in [4.78, 5) is 11.3. The summed E-state index contributed by atoms with van der Waals surface area (Å²) < 4.78 is 4.74. The molecule has 0 bridgehead atoms. The van der Waals surface area contributed by atoms with E-state index in [0.29, 0.717) is 0 Å². The first-order valence-corrected chi connectivity index (χ1v) is 5.78. The fourth-order valence-corrected chi connectivity index (χ4v) is 2.08. The van der Waals surface area contributed by atoms with Gasteiger partial charge < -0.3 is 10.1 Å². The van der Waals surface area contributed by atoms with E-state index in [1.54, 1.807) is 0 Å². The number of carbonyl (C=O) groups is 1. The first-order valence-electron chi connectivity index (χ1n) is 5.78. The maximum absolute atomic E-state index is 11.3. The highest BCUT2D eigenvalue weighted by Gasteiger charge is 2.24. The van der Waals surface area contributed by atoms with Gasteiger partial charge in [-0.15, -0.1) is 0 Å². The van der Waals surface area contributed by atoms with Crippen molar-refractivity contribution in [3.8, 4) is 0 Å². The molecule has 2 rings (SSSR count). The minimum Gasteiger partial charge on any atom is -0.468 e. The molecule has 1 aliphatic heterocycles. The van der Waals surface area contributed by atoms with Crippen LogP contribution >= 0.6 is 0 Å². The zero-order valence-electron chi connectivity index (χ0n) is 9.29. The van der Waals surface area contributed by atoms with Crippen LogP contribution in [-0.2, 0) is 9.53 Å². The second-order valence-electron chi connectivity index (χ2n) is 4.53. The summed E-state index contributed by atoms with van der Waals surface area (Å²) >= 11 is 0. The normalized spacial score (nSPS) is 26.7. The Morgan fingerprint density at radius 1 is 1.60 bits per heavy atom. The number of hydrogen-bond acceptors (Lipinski definition) is 3. The van der Waals surface area contributed by atoms with Crippen molar-refractivity contribution < 1.29 is 9.53 Å². The zero-order valence-corrected chi connectivity index (χ0v) is 9.29. The minimum atomic E-state index is -0.140. The van der Waals surface area contributed by atoms with Crippen LogP contribution in [0.25, 0.3) is 0 Å². The van der Waals surface area contributed by atoms with Crippen molar-refractivity contribution in [2.45, 2.75) is 38.1 Å². The van der Waals surface area contributed by atoms with Crippen LogP contribution in [-0.4, -0.2) is 25.7 Å². The van der Waals surface area contributed by atoms with Crippen LogP contribution in [0.5, 0.6) is 0 Å². The number of nitrogens with one attached hydrogen (secondary N) is 1. The van der Waals surface area contributed by atoms with Gasteiger partial charge in [-0.3, -0.25) is 4.79 Å². The van der Waals surface area contributed by atoms with Crippen molar-refractivity contribution in [3.63, 3.8) is 0 Å². The van der Waals surface area contributed by atoms with Crippen molar-refractivity contribution >= 4 is 5.97 Å². The van der Waals surface area contributed by atoms with Crippen molar-refractivity contribution in [2.24, 2.45) is 5.92 Å². The van der Waals surface area contributed by atoms with Gasteiger partial charge in [0.05, 0.1) is 7.11 Å². The molecule has 0 aromatic carbocycles. The molecule has 1 fully saturated rings. The Bertz CT molecular complexity index is 269. The molecule has 1 atom stereocenters. The van der Waals surface area contributed by atoms with E-state index in [9.17, 15) is 4.79 Å². The third-order valence-corrected chi connectivity index (χ3v) is 3.21. The molecule has 84 valence electrons. The third-order valence-electron chi connectivity index (χ3n) is 3.21. The Kier molecular flexibility index (Phi) is 3.41. The molecule has 15 heavy (non-hydrogen) atoms. The Labute approximate surface area is 90.9 Å². The number of methoxy groups -OCH3 is 1. The lowest BCUT2D eigenvalue weighted by molar-refractivity contribution is -0.143. The Hall–Kier alpha value is -0.830. The van der Waals surface area contributed by atoms with E-state index in [-0.39, 0.29) is 12.0 Å². The second kappa shape index (κ2) is 4.79. The monoisotopic (exact) mass is 209 g/mol. The number of ether oxygens (including phenoxy) is 1. The van der Waals surface area contributed by atoms with Crippen LogP contribution in [0.15, 0.2) is 11.6 Å². The molecule has 1 N–H and O–H groups in total. The van der Waals surface area contributed by atoms with Gasteiger partial charge in [0.1, 0.15) is 6.04 Å². The molecular weight excluding hydrogens is 190 g/mol. The fraction of sp³-hybridized carbons (Fsp3) is 0.750. The van der Waals surface area contributed by atoms with Crippen LogP contribution in [0, 0.1) is 5.92 Å². The average molecular weight is 209 g/mol. The quantitative estimate of drug-likeness (QED) is 0.567. The number of carbonyl (C=O) groups excluding carboxylic acids is 1. The highest BCUT2D eigenvalue weighted by atomic mass is 16.5. The van der Waals surface area contributed by atoms with Crippen molar-refractivity contribution in [1.29, 1.82) is 0 Å². The van der Waals surface area contributed by atoms with E-state index >= 15 is 0 Å². The smallest absolute Gasteiger partial charge is 0.323 e. The SMILES string of the molecule is COC(=O)[C@@H]1CC=C(CC2CC2)CCN1. The summed E-state index contributed by atoms with van der Waals surface area (Å²) in [5, 5.41) is 3.23. The van der Waals surface area contributed by atoms with Gasteiger partial charge in [0.2, 0.25) is 0 Å². The van der Waals surface area contributed by atoms with Crippen LogP contribution in [0.4, 0.5) is 0 Å².